The third kappa shape index (κ3) is 3.26. The molecule has 1 heterocycles. The van der Waals surface area contributed by atoms with Crippen LogP contribution >= 0.6 is 0 Å². The van der Waals surface area contributed by atoms with Crippen molar-refractivity contribution in [2.24, 2.45) is 0 Å². The van der Waals surface area contributed by atoms with Gasteiger partial charge < -0.3 is 9.84 Å². The predicted octanol–water partition coefficient (Wildman–Crippen LogP) is 2.03. The van der Waals surface area contributed by atoms with Crippen LogP contribution in [-0.4, -0.2) is 30.9 Å². The first-order valence-corrected chi connectivity index (χ1v) is 7.77. The molecule has 2 N–H and O–H groups in total. The zero-order chi connectivity index (χ0) is 16.9. The molecule has 3 atom stereocenters. The fourth-order valence-electron chi connectivity index (χ4n) is 2.89. The molecule has 3 rings (SSSR count). The van der Waals surface area contributed by atoms with Gasteiger partial charge in [0, 0.05) is 23.1 Å². The molecule has 1 aliphatic heterocycles. The molecule has 0 aliphatic carbocycles. The smallest absolute Gasteiger partial charge is 0.120 e. The Bertz CT molecular complexity index is 812. The Morgan fingerprint density at radius 3 is 2.54 bits per heavy atom. The summed E-state index contributed by atoms with van der Waals surface area (Å²) in [5, 5.41) is 21.5. The van der Waals surface area contributed by atoms with Crippen LogP contribution in [0.1, 0.15) is 22.6 Å². The van der Waals surface area contributed by atoms with Gasteiger partial charge in [0.25, 0.3) is 0 Å². The van der Waals surface area contributed by atoms with Crippen molar-refractivity contribution in [2.45, 2.75) is 18.0 Å². The summed E-state index contributed by atoms with van der Waals surface area (Å²) >= 11 is 0. The average Bonchev–Trinajstić information content (AvgIpc) is 2.61. The fourth-order valence-corrected chi connectivity index (χ4v) is 2.89. The minimum Gasteiger partial charge on any atom is -0.497 e. The van der Waals surface area contributed by atoms with Crippen LogP contribution in [0.15, 0.2) is 48.5 Å². The van der Waals surface area contributed by atoms with Crippen LogP contribution in [0.2, 0.25) is 0 Å². The molecule has 4 heteroatoms. The third-order valence-electron chi connectivity index (χ3n) is 4.24. The van der Waals surface area contributed by atoms with Crippen molar-refractivity contribution >= 4 is 0 Å². The number of benzene rings is 2. The van der Waals surface area contributed by atoms with Crippen LogP contribution in [0.25, 0.3) is 0 Å². The number of hydrogen-bond acceptors (Lipinski definition) is 4. The standard InChI is InChI=1S/C20H18N2O2/c1-24-17-4-2-3-15(11-17)6-5-14-7-9-16(10-8-14)20-18(12-21)22-19(20)13-23/h2-4,7-11,18-20,22-23H,13H2,1H3/t18-,19-,20+/m0/s1. The van der Waals surface area contributed by atoms with E-state index in [1.165, 1.54) is 0 Å². The summed E-state index contributed by atoms with van der Waals surface area (Å²) in [5.41, 5.74) is 2.85. The van der Waals surface area contributed by atoms with Crippen LogP contribution in [0, 0.1) is 23.2 Å². The number of rotatable bonds is 3. The van der Waals surface area contributed by atoms with Gasteiger partial charge in [-0.15, -0.1) is 0 Å². The first kappa shape index (κ1) is 16.1. The summed E-state index contributed by atoms with van der Waals surface area (Å²) in [7, 11) is 1.63. The van der Waals surface area contributed by atoms with Crippen molar-refractivity contribution in [1.82, 2.24) is 5.32 Å². The molecule has 2 aromatic carbocycles. The van der Waals surface area contributed by atoms with E-state index in [1.54, 1.807) is 7.11 Å². The van der Waals surface area contributed by atoms with Gasteiger partial charge in [-0.1, -0.05) is 30.0 Å². The second-order valence-electron chi connectivity index (χ2n) is 5.69. The lowest BCUT2D eigenvalue weighted by Crippen LogP contribution is -2.60. The highest BCUT2D eigenvalue weighted by molar-refractivity contribution is 5.46. The van der Waals surface area contributed by atoms with E-state index < -0.39 is 0 Å². The lowest BCUT2D eigenvalue weighted by Gasteiger charge is -2.41. The molecule has 1 fully saturated rings. The van der Waals surface area contributed by atoms with E-state index in [1.807, 2.05) is 48.5 Å². The first-order chi connectivity index (χ1) is 11.7. The summed E-state index contributed by atoms with van der Waals surface area (Å²) in [6, 6.07) is 17.4. The van der Waals surface area contributed by atoms with E-state index >= 15 is 0 Å². The lowest BCUT2D eigenvalue weighted by atomic mass is 9.78. The summed E-state index contributed by atoms with van der Waals surface area (Å²) in [6.07, 6.45) is 0. The number of aliphatic hydroxyl groups is 1. The van der Waals surface area contributed by atoms with Crippen LogP contribution < -0.4 is 10.1 Å². The fraction of sp³-hybridized carbons (Fsp3) is 0.250. The molecule has 0 saturated carbocycles. The average molecular weight is 318 g/mol. The monoisotopic (exact) mass is 318 g/mol. The normalized spacial score (nSPS) is 21.8. The van der Waals surface area contributed by atoms with Gasteiger partial charge in [0.2, 0.25) is 0 Å². The molecule has 2 aromatic rings. The van der Waals surface area contributed by atoms with Gasteiger partial charge >= 0.3 is 0 Å². The van der Waals surface area contributed by atoms with Crippen molar-refractivity contribution in [3.63, 3.8) is 0 Å². The summed E-state index contributed by atoms with van der Waals surface area (Å²) in [6.45, 7) is 0.0280. The Balaban J connectivity index is 1.76. The first-order valence-electron chi connectivity index (χ1n) is 7.77. The number of hydrogen-bond donors (Lipinski definition) is 2. The summed E-state index contributed by atoms with van der Waals surface area (Å²) in [5.74, 6) is 7.06. The van der Waals surface area contributed by atoms with E-state index in [2.05, 4.69) is 23.2 Å². The van der Waals surface area contributed by atoms with Crippen molar-refractivity contribution in [1.29, 1.82) is 5.26 Å². The van der Waals surface area contributed by atoms with Crippen LogP contribution in [0.4, 0.5) is 0 Å². The molecular weight excluding hydrogens is 300 g/mol. The highest BCUT2D eigenvalue weighted by atomic mass is 16.5. The molecule has 0 radical (unpaired) electrons. The van der Waals surface area contributed by atoms with Gasteiger partial charge in [0.15, 0.2) is 0 Å². The Hall–Kier alpha value is -2.79. The van der Waals surface area contributed by atoms with E-state index in [-0.39, 0.29) is 24.6 Å². The highest BCUT2D eigenvalue weighted by Crippen LogP contribution is 2.31. The predicted molar refractivity (Wildman–Crippen MR) is 91.6 cm³/mol. The zero-order valence-electron chi connectivity index (χ0n) is 13.4. The number of ether oxygens (including phenoxy) is 1. The van der Waals surface area contributed by atoms with E-state index in [0.29, 0.717) is 0 Å². The van der Waals surface area contributed by atoms with E-state index in [4.69, 9.17) is 10.00 Å². The molecule has 120 valence electrons. The minimum atomic E-state index is -0.240. The van der Waals surface area contributed by atoms with Gasteiger partial charge in [0.05, 0.1) is 19.8 Å². The lowest BCUT2D eigenvalue weighted by molar-refractivity contribution is 0.151. The van der Waals surface area contributed by atoms with Crippen molar-refractivity contribution < 1.29 is 9.84 Å². The summed E-state index contributed by atoms with van der Waals surface area (Å²) < 4.78 is 5.19. The molecule has 0 unspecified atom stereocenters. The van der Waals surface area contributed by atoms with Crippen molar-refractivity contribution in [3.05, 3.63) is 65.2 Å². The zero-order valence-corrected chi connectivity index (χ0v) is 13.4. The molecule has 0 amide bonds. The Morgan fingerprint density at radius 2 is 1.88 bits per heavy atom. The maximum Gasteiger partial charge on any atom is 0.120 e. The molecule has 0 bridgehead atoms. The largest absolute Gasteiger partial charge is 0.497 e. The Labute approximate surface area is 141 Å². The van der Waals surface area contributed by atoms with Gasteiger partial charge in [-0.3, -0.25) is 5.32 Å². The summed E-state index contributed by atoms with van der Waals surface area (Å²) in [4.78, 5) is 0. The quantitative estimate of drug-likeness (QED) is 0.850. The molecular formula is C20H18N2O2. The minimum absolute atomic E-state index is 0.0280. The van der Waals surface area contributed by atoms with Gasteiger partial charge in [0.1, 0.15) is 11.8 Å². The molecule has 0 aromatic heterocycles. The van der Waals surface area contributed by atoms with Crippen LogP contribution in [0.5, 0.6) is 5.75 Å². The maximum atomic E-state index is 9.33. The topological polar surface area (TPSA) is 65.3 Å². The van der Waals surface area contributed by atoms with E-state index in [0.717, 1.165) is 22.4 Å². The number of methoxy groups -OCH3 is 1. The molecule has 24 heavy (non-hydrogen) atoms. The SMILES string of the molecule is COc1cccc(C#Cc2ccc([C@@H]3[C@H](C#N)N[C@H]3CO)cc2)c1. The van der Waals surface area contributed by atoms with E-state index in [9.17, 15) is 5.11 Å². The number of aliphatic hydroxyl groups excluding tert-OH is 1. The van der Waals surface area contributed by atoms with Gasteiger partial charge in [-0.25, -0.2) is 0 Å². The number of nitrogens with zero attached hydrogens (tertiary/aromatic N) is 1. The second kappa shape index (κ2) is 7.19. The van der Waals surface area contributed by atoms with Crippen LogP contribution in [0.3, 0.4) is 0 Å². The van der Waals surface area contributed by atoms with Crippen molar-refractivity contribution in [3.8, 4) is 23.7 Å². The Morgan fingerprint density at radius 1 is 1.12 bits per heavy atom. The Kier molecular flexibility index (Phi) is 4.82. The number of nitrogens with one attached hydrogen (secondary N) is 1. The third-order valence-corrected chi connectivity index (χ3v) is 4.24. The molecule has 1 aliphatic rings. The number of nitriles is 1. The van der Waals surface area contributed by atoms with Crippen molar-refractivity contribution in [2.75, 3.05) is 13.7 Å². The van der Waals surface area contributed by atoms with Gasteiger partial charge in [-0.2, -0.15) is 5.26 Å². The molecule has 4 nitrogen and oxygen atoms in total. The molecule has 0 spiro atoms. The van der Waals surface area contributed by atoms with Crippen LogP contribution in [-0.2, 0) is 0 Å². The van der Waals surface area contributed by atoms with Gasteiger partial charge in [-0.05, 0) is 35.9 Å². The molecule has 1 saturated heterocycles. The highest BCUT2D eigenvalue weighted by Gasteiger charge is 2.40. The maximum absolute atomic E-state index is 9.33. The second-order valence-corrected chi connectivity index (χ2v) is 5.69.